The van der Waals surface area contributed by atoms with Crippen LogP contribution in [0.15, 0.2) is 30.7 Å². The van der Waals surface area contributed by atoms with Crippen molar-refractivity contribution in [2.75, 3.05) is 0 Å². The highest BCUT2D eigenvalue weighted by Crippen LogP contribution is 2.34. The molecule has 1 unspecified atom stereocenters. The molecule has 1 aromatic heterocycles. The first-order valence-electron chi connectivity index (χ1n) is 5.73. The van der Waals surface area contributed by atoms with Gasteiger partial charge >= 0.3 is 0 Å². The van der Waals surface area contributed by atoms with Crippen molar-refractivity contribution < 1.29 is 0 Å². The molecule has 1 N–H and O–H groups in total. The summed E-state index contributed by atoms with van der Waals surface area (Å²) in [7, 11) is 0. The van der Waals surface area contributed by atoms with E-state index in [1.165, 1.54) is 16.7 Å². The zero-order valence-electron chi connectivity index (χ0n) is 9.57. The molecule has 2 nitrogen and oxygen atoms in total. The zero-order chi connectivity index (χ0) is 11.8. The Bertz CT molecular complexity index is 570. The van der Waals surface area contributed by atoms with Gasteiger partial charge in [0, 0.05) is 17.1 Å². The Morgan fingerprint density at radius 1 is 1.41 bits per heavy atom. The molecule has 0 fully saturated rings. The molecule has 0 spiro atoms. The third kappa shape index (κ3) is 1.79. The number of hydrogen-bond acceptors (Lipinski definition) is 1. The Morgan fingerprint density at radius 3 is 3.06 bits per heavy atom. The molecule has 0 bridgehead atoms. The minimum atomic E-state index is 0.261. The van der Waals surface area contributed by atoms with Crippen LogP contribution in [0.1, 0.15) is 35.2 Å². The minimum absolute atomic E-state index is 0.261. The molecule has 0 saturated heterocycles. The van der Waals surface area contributed by atoms with Crippen LogP contribution in [0, 0.1) is 0 Å². The highest BCUT2D eigenvalue weighted by Gasteiger charge is 2.18. The molecule has 0 amide bonds. The van der Waals surface area contributed by atoms with Gasteiger partial charge in [-0.05, 0) is 35.2 Å². The fourth-order valence-electron chi connectivity index (χ4n) is 2.40. The van der Waals surface area contributed by atoms with Gasteiger partial charge in [-0.3, -0.25) is 0 Å². The Hall–Kier alpha value is -1.54. The second kappa shape index (κ2) is 4.04. The van der Waals surface area contributed by atoms with Crippen molar-refractivity contribution in [3.05, 3.63) is 58.1 Å². The lowest BCUT2D eigenvalue weighted by Crippen LogP contribution is -2.00. The Kier molecular flexibility index (Phi) is 2.52. The number of nitrogens with one attached hydrogen (secondary N) is 1. The predicted molar refractivity (Wildman–Crippen MR) is 70.3 cm³/mol. The van der Waals surface area contributed by atoms with Crippen molar-refractivity contribution in [3.63, 3.8) is 0 Å². The molecule has 1 atom stereocenters. The number of imidazole rings is 1. The average molecular weight is 245 g/mol. The van der Waals surface area contributed by atoms with E-state index in [0.717, 1.165) is 17.1 Å². The van der Waals surface area contributed by atoms with Crippen LogP contribution in [0.5, 0.6) is 0 Å². The van der Waals surface area contributed by atoms with Crippen LogP contribution in [0.25, 0.3) is 6.08 Å². The summed E-state index contributed by atoms with van der Waals surface area (Å²) in [6.45, 7) is 2.16. The smallest absolute Gasteiger partial charge is 0.0923 e. The number of hydrogen-bond donors (Lipinski definition) is 1. The van der Waals surface area contributed by atoms with Crippen LogP contribution in [0.4, 0.5) is 0 Å². The lowest BCUT2D eigenvalue weighted by Gasteiger charge is -2.14. The first-order chi connectivity index (χ1) is 8.25. The van der Waals surface area contributed by atoms with Gasteiger partial charge < -0.3 is 4.98 Å². The predicted octanol–water partition coefficient (Wildman–Crippen LogP) is 3.78. The van der Waals surface area contributed by atoms with E-state index in [1.807, 2.05) is 6.20 Å². The van der Waals surface area contributed by atoms with Crippen molar-refractivity contribution in [3.8, 4) is 0 Å². The number of H-pyrrole nitrogens is 1. The molecule has 86 valence electrons. The number of allylic oxidation sites excluding steroid dienone is 1. The molecule has 3 heteroatoms. The van der Waals surface area contributed by atoms with Crippen molar-refractivity contribution >= 4 is 17.7 Å². The highest BCUT2D eigenvalue weighted by molar-refractivity contribution is 6.30. The molecule has 0 radical (unpaired) electrons. The first kappa shape index (κ1) is 10.6. The van der Waals surface area contributed by atoms with Gasteiger partial charge in [-0.1, -0.05) is 30.7 Å². The van der Waals surface area contributed by atoms with E-state index in [-0.39, 0.29) is 5.92 Å². The zero-order valence-corrected chi connectivity index (χ0v) is 10.3. The molecule has 1 aliphatic rings. The minimum Gasteiger partial charge on any atom is -0.351 e. The summed E-state index contributed by atoms with van der Waals surface area (Å²) in [6.07, 6.45) is 9.01. The van der Waals surface area contributed by atoms with Gasteiger partial charge in [0.15, 0.2) is 0 Å². The van der Waals surface area contributed by atoms with Crippen molar-refractivity contribution in [2.45, 2.75) is 19.3 Å². The molecule has 1 aromatic carbocycles. The topological polar surface area (TPSA) is 28.7 Å². The third-order valence-electron chi connectivity index (χ3n) is 3.31. The number of nitrogens with zero attached hydrogens (tertiary/aromatic N) is 1. The number of halogens is 1. The lowest BCUT2D eigenvalue weighted by atomic mass is 9.92. The van der Waals surface area contributed by atoms with E-state index in [0.29, 0.717) is 0 Å². The van der Waals surface area contributed by atoms with Gasteiger partial charge in [0.1, 0.15) is 0 Å². The van der Waals surface area contributed by atoms with Gasteiger partial charge in [0.2, 0.25) is 0 Å². The largest absolute Gasteiger partial charge is 0.351 e. The second-order valence-corrected chi connectivity index (χ2v) is 4.83. The summed E-state index contributed by atoms with van der Waals surface area (Å²) in [5.41, 5.74) is 4.93. The van der Waals surface area contributed by atoms with Gasteiger partial charge in [0.25, 0.3) is 0 Å². The van der Waals surface area contributed by atoms with Gasteiger partial charge in [-0.15, -0.1) is 0 Å². The number of rotatable bonds is 2. The van der Waals surface area contributed by atoms with E-state index in [9.17, 15) is 0 Å². The molecular weight excluding hydrogens is 232 g/mol. The summed E-state index contributed by atoms with van der Waals surface area (Å²) in [5.74, 6) is 0.261. The molecule has 0 aliphatic heterocycles. The SMILES string of the molecule is CC(c1c[nH]cn1)c1cc(Cl)cc2c1C=CC2. The standard InChI is InChI=1S/C14H13ClN2/c1-9(14-7-16-8-17-14)13-6-11(15)5-10-3-2-4-12(10)13/h2,4-9H,3H2,1H3,(H,16,17). The molecular formula is C14H13ClN2. The van der Waals surface area contributed by atoms with E-state index < -0.39 is 0 Å². The van der Waals surface area contributed by atoms with Crippen LogP contribution in [-0.4, -0.2) is 9.97 Å². The van der Waals surface area contributed by atoms with Crippen LogP contribution in [0.3, 0.4) is 0 Å². The van der Waals surface area contributed by atoms with E-state index >= 15 is 0 Å². The fraction of sp³-hybridized carbons (Fsp3) is 0.214. The summed E-state index contributed by atoms with van der Waals surface area (Å²) < 4.78 is 0. The molecule has 0 saturated carbocycles. The van der Waals surface area contributed by atoms with Crippen molar-refractivity contribution in [1.29, 1.82) is 0 Å². The maximum atomic E-state index is 6.18. The Morgan fingerprint density at radius 2 is 2.29 bits per heavy atom. The maximum absolute atomic E-state index is 6.18. The number of aromatic nitrogens is 2. The summed E-state index contributed by atoms with van der Waals surface area (Å²) >= 11 is 6.18. The number of fused-ring (bicyclic) bond motifs is 1. The molecule has 1 aliphatic carbocycles. The van der Waals surface area contributed by atoms with Crippen molar-refractivity contribution in [1.82, 2.24) is 9.97 Å². The lowest BCUT2D eigenvalue weighted by molar-refractivity contribution is 0.879. The average Bonchev–Trinajstić information content (AvgIpc) is 2.97. The van der Waals surface area contributed by atoms with Gasteiger partial charge in [-0.2, -0.15) is 0 Å². The van der Waals surface area contributed by atoms with E-state index in [1.54, 1.807) is 6.33 Å². The fourth-order valence-corrected chi connectivity index (χ4v) is 2.65. The molecule has 1 heterocycles. The van der Waals surface area contributed by atoms with Crippen LogP contribution in [-0.2, 0) is 6.42 Å². The van der Waals surface area contributed by atoms with Crippen molar-refractivity contribution in [2.24, 2.45) is 0 Å². The van der Waals surface area contributed by atoms with E-state index in [2.05, 4.69) is 41.2 Å². The Labute approximate surface area is 105 Å². The normalized spacial score (nSPS) is 14.9. The summed E-state index contributed by atoms with van der Waals surface area (Å²) in [5, 5.41) is 0.810. The third-order valence-corrected chi connectivity index (χ3v) is 3.53. The van der Waals surface area contributed by atoms with Crippen LogP contribution in [0.2, 0.25) is 5.02 Å². The van der Waals surface area contributed by atoms with Gasteiger partial charge in [-0.25, -0.2) is 4.98 Å². The first-order valence-corrected chi connectivity index (χ1v) is 6.11. The maximum Gasteiger partial charge on any atom is 0.0923 e. The highest BCUT2D eigenvalue weighted by atomic mass is 35.5. The second-order valence-electron chi connectivity index (χ2n) is 4.39. The van der Waals surface area contributed by atoms with Crippen LogP contribution >= 0.6 is 11.6 Å². The quantitative estimate of drug-likeness (QED) is 0.856. The molecule has 2 aromatic rings. The molecule has 17 heavy (non-hydrogen) atoms. The number of aromatic amines is 1. The van der Waals surface area contributed by atoms with E-state index in [4.69, 9.17) is 11.6 Å². The molecule has 3 rings (SSSR count). The Balaban J connectivity index is 2.11. The summed E-state index contributed by atoms with van der Waals surface area (Å²) in [4.78, 5) is 7.33. The monoisotopic (exact) mass is 244 g/mol. The van der Waals surface area contributed by atoms with Crippen LogP contribution < -0.4 is 0 Å². The van der Waals surface area contributed by atoms with Gasteiger partial charge in [0.05, 0.1) is 12.0 Å². The summed E-state index contributed by atoms with van der Waals surface area (Å²) in [6, 6.07) is 4.10. The number of benzene rings is 1.